The van der Waals surface area contributed by atoms with Crippen molar-refractivity contribution in [2.75, 3.05) is 6.61 Å². The Labute approximate surface area is 221 Å². The van der Waals surface area contributed by atoms with Crippen LogP contribution < -0.4 is 11.2 Å². The largest absolute Gasteiger partial charge is 0.464 e. The molecule has 3 aromatic rings. The molecule has 0 heterocycles. The van der Waals surface area contributed by atoms with E-state index in [1.807, 2.05) is 24.5 Å². The van der Waals surface area contributed by atoms with Crippen LogP contribution in [0.3, 0.4) is 0 Å². The Kier molecular flexibility index (Phi) is 9.33. The number of carbonyl (C=O) groups is 2. The average molecular weight is 536 g/mol. The number of aryl methyl sites for hydroxylation is 1. The number of benzene rings is 3. The lowest BCUT2D eigenvalue weighted by molar-refractivity contribution is -0.145. The SMILES string of the molecule is CCOC(=O)C(/C(C)=N/NC(N)=O)N(N=C(c1ccccc1)c1ccccc1)S(=O)(=O)c1ccc(C)cc1. The lowest BCUT2D eigenvalue weighted by Crippen LogP contribution is -2.48. The van der Waals surface area contributed by atoms with Crippen LogP contribution in [-0.4, -0.2) is 48.9 Å². The van der Waals surface area contributed by atoms with E-state index in [2.05, 4.69) is 10.2 Å². The molecule has 1 atom stereocenters. The van der Waals surface area contributed by atoms with Crippen molar-refractivity contribution in [3.05, 3.63) is 102 Å². The normalized spacial score (nSPS) is 12.2. The molecule has 1 unspecified atom stereocenters. The van der Waals surface area contributed by atoms with Crippen LogP contribution in [0.15, 0.2) is 100 Å². The molecule has 3 aromatic carbocycles. The Balaban J connectivity index is 2.35. The van der Waals surface area contributed by atoms with Gasteiger partial charge in [0.25, 0.3) is 10.0 Å². The molecule has 0 saturated carbocycles. The van der Waals surface area contributed by atoms with Crippen LogP contribution in [0.5, 0.6) is 0 Å². The highest BCUT2D eigenvalue weighted by atomic mass is 32.2. The van der Waals surface area contributed by atoms with Crippen LogP contribution >= 0.6 is 0 Å². The number of nitrogens with two attached hydrogens (primary N) is 1. The molecule has 0 aliphatic heterocycles. The van der Waals surface area contributed by atoms with Crippen molar-refractivity contribution in [3.63, 3.8) is 0 Å². The number of amides is 2. The van der Waals surface area contributed by atoms with Gasteiger partial charge in [-0.1, -0.05) is 78.4 Å². The van der Waals surface area contributed by atoms with E-state index in [0.717, 1.165) is 5.56 Å². The van der Waals surface area contributed by atoms with E-state index in [4.69, 9.17) is 10.5 Å². The second-order valence-electron chi connectivity index (χ2n) is 8.16. The summed E-state index contributed by atoms with van der Waals surface area (Å²) in [6.07, 6.45) is 0. The molecule has 3 rings (SSSR count). The summed E-state index contributed by atoms with van der Waals surface area (Å²) < 4.78 is 34.0. The van der Waals surface area contributed by atoms with Gasteiger partial charge in [0.05, 0.1) is 22.9 Å². The van der Waals surface area contributed by atoms with Gasteiger partial charge in [-0.05, 0) is 32.9 Å². The number of carbonyl (C=O) groups excluding carboxylic acids is 2. The third kappa shape index (κ3) is 6.83. The maximum absolute atomic E-state index is 14.1. The quantitative estimate of drug-likeness (QED) is 0.232. The van der Waals surface area contributed by atoms with Gasteiger partial charge < -0.3 is 10.5 Å². The molecule has 0 aliphatic carbocycles. The first kappa shape index (κ1) is 28.1. The average Bonchev–Trinajstić information content (AvgIpc) is 2.91. The molecule has 38 heavy (non-hydrogen) atoms. The van der Waals surface area contributed by atoms with Crippen molar-refractivity contribution in [2.45, 2.75) is 31.7 Å². The minimum atomic E-state index is -4.45. The number of ether oxygens (including phenoxy) is 1. The number of hydrazone groups is 2. The third-order valence-electron chi connectivity index (χ3n) is 5.33. The second kappa shape index (κ2) is 12.6. The Bertz CT molecular complexity index is 1380. The van der Waals surface area contributed by atoms with Gasteiger partial charge >= 0.3 is 12.0 Å². The Morgan fingerprint density at radius 3 is 1.95 bits per heavy atom. The second-order valence-corrected chi connectivity index (χ2v) is 9.95. The van der Waals surface area contributed by atoms with Crippen LogP contribution in [-0.2, 0) is 19.6 Å². The third-order valence-corrected chi connectivity index (χ3v) is 6.98. The van der Waals surface area contributed by atoms with Crippen molar-refractivity contribution in [3.8, 4) is 0 Å². The van der Waals surface area contributed by atoms with Gasteiger partial charge in [0, 0.05) is 11.1 Å². The van der Waals surface area contributed by atoms with E-state index in [1.54, 1.807) is 67.6 Å². The Morgan fingerprint density at radius 2 is 1.47 bits per heavy atom. The number of esters is 1. The van der Waals surface area contributed by atoms with Crippen LogP contribution in [0.1, 0.15) is 30.5 Å². The van der Waals surface area contributed by atoms with Gasteiger partial charge in [-0.15, -0.1) is 0 Å². The highest BCUT2D eigenvalue weighted by molar-refractivity contribution is 7.89. The van der Waals surface area contributed by atoms with E-state index in [1.165, 1.54) is 19.1 Å². The van der Waals surface area contributed by atoms with E-state index in [-0.39, 0.29) is 22.9 Å². The summed E-state index contributed by atoms with van der Waals surface area (Å²) in [5.41, 5.74) is 9.42. The molecule has 0 radical (unpaired) electrons. The van der Waals surface area contributed by atoms with Crippen molar-refractivity contribution < 1.29 is 22.7 Å². The maximum atomic E-state index is 14.1. The number of sulfonamides is 1. The summed E-state index contributed by atoms with van der Waals surface area (Å²) in [4.78, 5) is 24.5. The molecule has 0 fully saturated rings. The van der Waals surface area contributed by atoms with Crippen molar-refractivity contribution in [1.82, 2.24) is 9.84 Å². The van der Waals surface area contributed by atoms with Gasteiger partial charge in [0.2, 0.25) is 6.04 Å². The molecule has 2 amide bonds. The van der Waals surface area contributed by atoms with Crippen molar-refractivity contribution in [1.29, 1.82) is 0 Å². The highest BCUT2D eigenvalue weighted by Gasteiger charge is 2.39. The number of nitrogens with zero attached hydrogens (tertiary/aromatic N) is 3. The highest BCUT2D eigenvalue weighted by Crippen LogP contribution is 2.24. The van der Waals surface area contributed by atoms with E-state index >= 15 is 0 Å². The van der Waals surface area contributed by atoms with E-state index in [9.17, 15) is 18.0 Å². The summed E-state index contributed by atoms with van der Waals surface area (Å²) in [5, 5.41) is 8.41. The number of hydrogen-bond acceptors (Lipinski definition) is 7. The number of primary amides is 1. The molecule has 198 valence electrons. The lowest BCUT2D eigenvalue weighted by atomic mass is 10.0. The summed E-state index contributed by atoms with van der Waals surface area (Å²) in [7, 11) is -4.45. The van der Waals surface area contributed by atoms with Crippen molar-refractivity contribution >= 4 is 33.4 Å². The Morgan fingerprint density at radius 1 is 0.947 bits per heavy atom. The fourth-order valence-corrected chi connectivity index (χ4v) is 4.89. The molecular formula is C27H29N5O5S. The summed E-state index contributed by atoms with van der Waals surface area (Å²) in [6, 6.07) is 21.4. The van der Waals surface area contributed by atoms with Crippen LogP contribution in [0, 0.1) is 6.92 Å². The summed E-state index contributed by atoms with van der Waals surface area (Å²) in [6.45, 7) is 4.75. The Hall–Kier alpha value is -4.51. The lowest BCUT2D eigenvalue weighted by Gasteiger charge is -2.28. The zero-order valence-electron chi connectivity index (χ0n) is 21.2. The fraction of sp³-hybridized carbons (Fsp3) is 0.185. The predicted molar refractivity (Wildman–Crippen MR) is 145 cm³/mol. The molecule has 3 N–H and O–H groups in total. The van der Waals surface area contributed by atoms with E-state index in [0.29, 0.717) is 15.5 Å². The minimum absolute atomic E-state index is 0.0295. The monoisotopic (exact) mass is 535 g/mol. The number of hydrogen-bond donors (Lipinski definition) is 2. The smallest absolute Gasteiger partial charge is 0.337 e. The van der Waals surface area contributed by atoms with E-state index < -0.39 is 28.1 Å². The van der Waals surface area contributed by atoms with Crippen LogP contribution in [0.2, 0.25) is 0 Å². The fourth-order valence-electron chi connectivity index (χ4n) is 3.49. The maximum Gasteiger partial charge on any atom is 0.337 e. The molecule has 0 aliphatic rings. The molecule has 0 saturated heterocycles. The predicted octanol–water partition coefficient (Wildman–Crippen LogP) is 3.41. The van der Waals surface area contributed by atoms with Gasteiger partial charge in [0.15, 0.2) is 0 Å². The molecular weight excluding hydrogens is 506 g/mol. The molecule has 0 aromatic heterocycles. The van der Waals surface area contributed by atoms with Gasteiger partial charge in [-0.2, -0.15) is 23.0 Å². The number of urea groups is 1. The topological polar surface area (TPSA) is 144 Å². The first-order valence-corrected chi connectivity index (χ1v) is 13.2. The van der Waals surface area contributed by atoms with Crippen LogP contribution in [0.4, 0.5) is 4.79 Å². The number of rotatable bonds is 10. The first-order chi connectivity index (χ1) is 18.1. The number of nitrogens with one attached hydrogen (secondary N) is 1. The molecule has 11 heteroatoms. The zero-order valence-corrected chi connectivity index (χ0v) is 22.1. The minimum Gasteiger partial charge on any atom is -0.464 e. The van der Waals surface area contributed by atoms with Gasteiger partial charge in [-0.3, -0.25) is 0 Å². The molecule has 0 bridgehead atoms. The molecule has 0 spiro atoms. The summed E-state index contributed by atoms with van der Waals surface area (Å²) >= 11 is 0. The first-order valence-electron chi connectivity index (χ1n) is 11.7. The zero-order chi connectivity index (χ0) is 27.7. The molecule has 10 nitrogen and oxygen atoms in total. The van der Waals surface area contributed by atoms with Gasteiger partial charge in [0.1, 0.15) is 0 Å². The van der Waals surface area contributed by atoms with Crippen molar-refractivity contribution in [2.24, 2.45) is 15.9 Å². The van der Waals surface area contributed by atoms with Gasteiger partial charge in [-0.25, -0.2) is 15.0 Å². The standard InChI is InChI=1S/C27H29N5O5S/c1-4-37-26(33)25(20(3)29-30-27(28)34)32(38(35,36)23-17-15-19(2)16-18-23)31-24(21-11-7-5-8-12-21)22-13-9-6-10-14-22/h5-18,25H,4H2,1-3H3,(H3,28,30,34)/b29-20+. The summed E-state index contributed by atoms with van der Waals surface area (Å²) in [5.74, 6) is -0.931. The van der Waals surface area contributed by atoms with Crippen LogP contribution in [0.25, 0.3) is 0 Å².